The molecule has 0 bridgehead atoms. The molecule has 136 valence electrons. The zero-order chi connectivity index (χ0) is 18.6. The van der Waals surface area contributed by atoms with Gasteiger partial charge in [0.05, 0.1) is 17.3 Å². The molecule has 2 rings (SSSR count). The number of ether oxygens (including phenoxy) is 1. The van der Waals surface area contributed by atoms with Gasteiger partial charge in [-0.1, -0.05) is 18.5 Å². The third-order valence-electron chi connectivity index (χ3n) is 3.29. The third-order valence-corrected chi connectivity index (χ3v) is 3.69. The monoisotopic (exact) mass is 374 g/mol. The van der Waals surface area contributed by atoms with Crippen LogP contribution in [0.25, 0.3) is 0 Å². The highest BCUT2D eigenvalue weighted by molar-refractivity contribution is 6.33. The first-order valence-corrected chi connectivity index (χ1v) is 8.04. The van der Waals surface area contributed by atoms with Crippen LogP contribution in [0.3, 0.4) is 0 Å². The molecule has 0 amide bonds. The van der Waals surface area contributed by atoms with Gasteiger partial charge in [0.25, 0.3) is 0 Å². The number of alkyl halides is 3. The average Bonchev–Trinajstić information content (AvgIpc) is 2.55. The molecule has 1 atom stereocenters. The molecule has 0 aliphatic carbocycles. The number of anilines is 1. The highest BCUT2D eigenvalue weighted by Crippen LogP contribution is 2.29. The molecule has 0 saturated heterocycles. The van der Waals surface area contributed by atoms with Crippen molar-refractivity contribution in [3.8, 4) is 5.88 Å². The Kier molecular flexibility index (Phi) is 6.05. The molecule has 2 aromatic heterocycles. The number of aromatic nitrogens is 3. The molecule has 0 aliphatic heterocycles. The molecule has 0 saturated carbocycles. The minimum Gasteiger partial charge on any atom is -0.475 e. The van der Waals surface area contributed by atoms with Crippen molar-refractivity contribution in [2.75, 3.05) is 11.9 Å². The lowest BCUT2D eigenvalue weighted by Gasteiger charge is -2.17. The Morgan fingerprint density at radius 1 is 1.28 bits per heavy atom. The van der Waals surface area contributed by atoms with Crippen molar-refractivity contribution in [3.63, 3.8) is 0 Å². The number of hydrogen-bond donors (Lipinski definition) is 1. The van der Waals surface area contributed by atoms with E-state index >= 15 is 0 Å². The summed E-state index contributed by atoms with van der Waals surface area (Å²) >= 11 is 6.26. The summed E-state index contributed by atoms with van der Waals surface area (Å²) in [5.74, 6) is 1.21. The summed E-state index contributed by atoms with van der Waals surface area (Å²) in [5.41, 5.74) is -0.0736. The summed E-state index contributed by atoms with van der Waals surface area (Å²) in [4.78, 5) is 12.2. The van der Waals surface area contributed by atoms with Crippen LogP contribution in [0.15, 0.2) is 18.3 Å². The second-order valence-corrected chi connectivity index (χ2v) is 5.85. The van der Waals surface area contributed by atoms with Crippen LogP contribution in [0.2, 0.25) is 5.02 Å². The van der Waals surface area contributed by atoms with Crippen LogP contribution in [-0.4, -0.2) is 27.6 Å². The Morgan fingerprint density at radius 3 is 2.56 bits per heavy atom. The van der Waals surface area contributed by atoms with Crippen LogP contribution < -0.4 is 10.1 Å². The van der Waals surface area contributed by atoms with E-state index in [-0.39, 0.29) is 18.5 Å². The Morgan fingerprint density at radius 2 is 2.00 bits per heavy atom. The molecule has 5 nitrogen and oxygen atoms in total. The molecule has 0 fully saturated rings. The number of rotatable bonds is 6. The standard InChI is InChI=1S/C16H18ClF3N4O/c1-4-12-14(17)15(24-10(3)23-12)22-9(2)8-25-13-6-5-11(7-21-13)16(18,19)20/h5-7,9H,4,8H2,1-3H3,(H,22,23,24). The Bertz CT molecular complexity index is 723. The van der Waals surface area contributed by atoms with Gasteiger partial charge in [-0.3, -0.25) is 0 Å². The van der Waals surface area contributed by atoms with Gasteiger partial charge in [-0.15, -0.1) is 0 Å². The Balaban J connectivity index is 1.97. The fourth-order valence-corrected chi connectivity index (χ4v) is 2.34. The predicted octanol–water partition coefficient (Wildman–Crippen LogP) is 4.29. The molecule has 2 heterocycles. The summed E-state index contributed by atoms with van der Waals surface area (Å²) in [6.07, 6.45) is -3.00. The first-order chi connectivity index (χ1) is 11.7. The van der Waals surface area contributed by atoms with E-state index in [0.29, 0.717) is 23.1 Å². The summed E-state index contributed by atoms with van der Waals surface area (Å²) in [5, 5.41) is 3.57. The van der Waals surface area contributed by atoms with Gasteiger partial charge in [0.15, 0.2) is 0 Å². The smallest absolute Gasteiger partial charge is 0.417 e. The first-order valence-electron chi connectivity index (χ1n) is 7.66. The highest BCUT2D eigenvalue weighted by Gasteiger charge is 2.30. The van der Waals surface area contributed by atoms with Crippen LogP contribution in [0, 0.1) is 6.92 Å². The molecule has 0 radical (unpaired) electrons. The minimum absolute atomic E-state index is 0.112. The molecule has 0 aliphatic rings. The quantitative estimate of drug-likeness (QED) is 0.817. The maximum Gasteiger partial charge on any atom is 0.417 e. The zero-order valence-corrected chi connectivity index (χ0v) is 14.7. The number of halogens is 4. The van der Waals surface area contributed by atoms with Crippen LogP contribution >= 0.6 is 11.6 Å². The van der Waals surface area contributed by atoms with Gasteiger partial charge in [-0.2, -0.15) is 13.2 Å². The van der Waals surface area contributed by atoms with Gasteiger partial charge < -0.3 is 10.1 Å². The number of aryl methyl sites for hydroxylation is 2. The lowest BCUT2D eigenvalue weighted by atomic mass is 10.3. The van der Waals surface area contributed by atoms with Crippen molar-refractivity contribution in [1.82, 2.24) is 15.0 Å². The van der Waals surface area contributed by atoms with Gasteiger partial charge in [0, 0.05) is 12.3 Å². The molecule has 0 spiro atoms. The van der Waals surface area contributed by atoms with Crippen LogP contribution in [0.4, 0.5) is 19.0 Å². The van der Waals surface area contributed by atoms with E-state index in [2.05, 4.69) is 20.3 Å². The maximum absolute atomic E-state index is 12.5. The number of nitrogens with zero attached hydrogens (tertiary/aromatic N) is 3. The second-order valence-electron chi connectivity index (χ2n) is 5.47. The summed E-state index contributed by atoms with van der Waals surface area (Å²) in [6.45, 7) is 5.73. The van der Waals surface area contributed by atoms with Crippen molar-refractivity contribution in [1.29, 1.82) is 0 Å². The van der Waals surface area contributed by atoms with Crippen molar-refractivity contribution in [2.24, 2.45) is 0 Å². The van der Waals surface area contributed by atoms with Crippen molar-refractivity contribution in [3.05, 3.63) is 40.4 Å². The van der Waals surface area contributed by atoms with Crippen LogP contribution in [0.5, 0.6) is 5.88 Å². The van der Waals surface area contributed by atoms with Gasteiger partial charge in [0.1, 0.15) is 23.3 Å². The minimum atomic E-state index is -4.42. The van der Waals surface area contributed by atoms with E-state index in [1.807, 2.05) is 13.8 Å². The van der Waals surface area contributed by atoms with E-state index in [4.69, 9.17) is 16.3 Å². The molecule has 9 heteroatoms. The van der Waals surface area contributed by atoms with Gasteiger partial charge >= 0.3 is 6.18 Å². The maximum atomic E-state index is 12.5. The summed E-state index contributed by atoms with van der Waals surface area (Å²) < 4.78 is 42.9. The van der Waals surface area contributed by atoms with Crippen molar-refractivity contribution < 1.29 is 17.9 Å². The largest absolute Gasteiger partial charge is 0.475 e. The van der Waals surface area contributed by atoms with E-state index < -0.39 is 11.7 Å². The summed E-state index contributed by atoms with van der Waals surface area (Å²) in [7, 11) is 0. The molecule has 1 N–H and O–H groups in total. The normalized spacial score (nSPS) is 12.8. The molecular formula is C16H18ClF3N4O. The Labute approximate surface area is 148 Å². The zero-order valence-electron chi connectivity index (χ0n) is 14.0. The Hall–Kier alpha value is -2.09. The summed E-state index contributed by atoms with van der Waals surface area (Å²) in [6, 6.07) is 1.92. The fourth-order valence-electron chi connectivity index (χ4n) is 2.07. The van der Waals surface area contributed by atoms with E-state index in [1.165, 1.54) is 6.07 Å². The van der Waals surface area contributed by atoms with Gasteiger partial charge in [-0.25, -0.2) is 15.0 Å². The van der Waals surface area contributed by atoms with Crippen molar-refractivity contribution >= 4 is 17.4 Å². The number of hydrogen-bond acceptors (Lipinski definition) is 5. The topological polar surface area (TPSA) is 59.9 Å². The molecular weight excluding hydrogens is 357 g/mol. The molecule has 1 unspecified atom stereocenters. The number of nitrogens with one attached hydrogen (secondary N) is 1. The highest BCUT2D eigenvalue weighted by atomic mass is 35.5. The predicted molar refractivity (Wildman–Crippen MR) is 89.0 cm³/mol. The number of pyridine rings is 1. The molecule has 2 aromatic rings. The van der Waals surface area contributed by atoms with Crippen LogP contribution in [0.1, 0.15) is 30.9 Å². The van der Waals surface area contributed by atoms with Gasteiger partial charge in [-0.05, 0) is 26.3 Å². The van der Waals surface area contributed by atoms with E-state index in [0.717, 1.165) is 18.0 Å². The van der Waals surface area contributed by atoms with Crippen molar-refractivity contribution in [2.45, 2.75) is 39.4 Å². The molecule has 25 heavy (non-hydrogen) atoms. The average molecular weight is 375 g/mol. The second kappa shape index (κ2) is 7.86. The fraction of sp³-hybridized carbons (Fsp3) is 0.438. The third kappa shape index (κ3) is 5.19. The van der Waals surface area contributed by atoms with E-state index in [1.54, 1.807) is 6.92 Å². The molecule has 0 aromatic carbocycles. The lowest BCUT2D eigenvalue weighted by Crippen LogP contribution is -2.25. The van der Waals surface area contributed by atoms with Gasteiger partial charge in [0.2, 0.25) is 5.88 Å². The van der Waals surface area contributed by atoms with E-state index in [9.17, 15) is 13.2 Å². The van der Waals surface area contributed by atoms with Crippen LogP contribution in [-0.2, 0) is 12.6 Å². The SMILES string of the molecule is CCc1nc(C)nc(NC(C)COc2ccc(C(F)(F)F)cn2)c1Cl. The first kappa shape index (κ1) is 19.2. The lowest BCUT2D eigenvalue weighted by molar-refractivity contribution is -0.137.